The molecule has 2 saturated heterocycles. The Labute approximate surface area is 87.4 Å². The van der Waals surface area contributed by atoms with Crippen molar-refractivity contribution in [2.24, 2.45) is 17.3 Å². The summed E-state index contributed by atoms with van der Waals surface area (Å²) in [6.45, 7) is 9.04. The molecular weight excluding hydrogens is 174 g/mol. The molecule has 1 unspecified atom stereocenters. The molecule has 2 aliphatic heterocycles. The molecule has 1 spiro atoms. The molecule has 2 nitrogen and oxygen atoms in total. The minimum Gasteiger partial charge on any atom is -0.381 e. The van der Waals surface area contributed by atoms with Gasteiger partial charge in [0.2, 0.25) is 0 Å². The lowest BCUT2D eigenvalue weighted by Gasteiger charge is -2.44. The first kappa shape index (κ1) is 10.4. The fourth-order valence-electron chi connectivity index (χ4n) is 2.83. The molecule has 2 heteroatoms. The second-order valence-corrected chi connectivity index (χ2v) is 5.47. The number of nitrogens with one attached hydrogen (secondary N) is 1. The highest BCUT2D eigenvalue weighted by molar-refractivity contribution is 4.89. The van der Waals surface area contributed by atoms with Crippen molar-refractivity contribution in [1.29, 1.82) is 0 Å². The molecule has 0 saturated carbocycles. The molecule has 0 amide bonds. The number of hydrogen-bond donors (Lipinski definition) is 1. The van der Waals surface area contributed by atoms with Gasteiger partial charge in [-0.1, -0.05) is 13.8 Å². The topological polar surface area (TPSA) is 21.3 Å². The van der Waals surface area contributed by atoms with Crippen LogP contribution in [-0.4, -0.2) is 26.3 Å². The Morgan fingerprint density at radius 1 is 1.29 bits per heavy atom. The Kier molecular flexibility index (Phi) is 3.13. The molecule has 82 valence electrons. The van der Waals surface area contributed by atoms with E-state index in [1.165, 1.54) is 32.4 Å². The van der Waals surface area contributed by atoms with E-state index in [-0.39, 0.29) is 0 Å². The quantitative estimate of drug-likeness (QED) is 0.694. The summed E-state index contributed by atoms with van der Waals surface area (Å²) in [5.41, 5.74) is 0.526. The Bertz CT molecular complexity index is 179. The van der Waals surface area contributed by atoms with Crippen molar-refractivity contribution < 1.29 is 4.74 Å². The third-order valence-electron chi connectivity index (χ3n) is 4.04. The second kappa shape index (κ2) is 4.19. The largest absolute Gasteiger partial charge is 0.381 e. The molecule has 1 N–H and O–H groups in total. The summed E-state index contributed by atoms with van der Waals surface area (Å²) in [6.07, 6.45) is 4.03. The Morgan fingerprint density at radius 3 is 2.64 bits per heavy atom. The maximum atomic E-state index is 5.81. The molecule has 2 rings (SSSR count). The summed E-state index contributed by atoms with van der Waals surface area (Å²) < 4.78 is 5.81. The number of hydrogen-bond acceptors (Lipinski definition) is 2. The Hall–Kier alpha value is -0.0800. The number of ether oxygens (including phenoxy) is 1. The predicted octanol–water partition coefficient (Wildman–Crippen LogP) is 2.05. The maximum absolute atomic E-state index is 5.81. The van der Waals surface area contributed by atoms with Gasteiger partial charge < -0.3 is 10.1 Å². The van der Waals surface area contributed by atoms with Crippen molar-refractivity contribution >= 4 is 0 Å². The molecule has 1 atom stereocenters. The zero-order chi connectivity index (χ0) is 10.0. The van der Waals surface area contributed by atoms with Crippen molar-refractivity contribution in [2.75, 3.05) is 26.3 Å². The molecule has 2 aliphatic rings. The van der Waals surface area contributed by atoms with Crippen LogP contribution in [0.3, 0.4) is 0 Å². The summed E-state index contributed by atoms with van der Waals surface area (Å²) >= 11 is 0. The summed E-state index contributed by atoms with van der Waals surface area (Å²) in [4.78, 5) is 0. The average molecular weight is 197 g/mol. The van der Waals surface area contributed by atoms with Crippen molar-refractivity contribution in [1.82, 2.24) is 5.32 Å². The lowest BCUT2D eigenvalue weighted by molar-refractivity contribution is -0.0676. The third-order valence-corrected chi connectivity index (χ3v) is 4.04. The molecule has 2 heterocycles. The first-order valence-corrected chi connectivity index (χ1v) is 6.00. The van der Waals surface area contributed by atoms with Crippen molar-refractivity contribution in [2.45, 2.75) is 33.1 Å². The van der Waals surface area contributed by atoms with Gasteiger partial charge in [-0.2, -0.15) is 0 Å². The van der Waals surface area contributed by atoms with E-state index in [1.54, 1.807) is 0 Å². The SMILES string of the molecule is CC(C)C1COCC2(CCNCC2)C1. The Morgan fingerprint density at radius 2 is 2.00 bits per heavy atom. The van der Waals surface area contributed by atoms with E-state index >= 15 is 0 Å². The highest BCUT2D eigenvalue weighted by Gasteiger charge is 2.38. The van der Waals surface area contributed by atoms with E-state index in [1.807, 2.05) is 0 Å². The molecule has 2 fully saturated rings. The van der Waals surface area contributed by atoms with E-state index < -0.39 is 0 Å². The fraction of sp³-hybridized carbons (Fsp3) is 1.00. The summed E-state index contributed by atoms with van der Waals surface area (Å²) in [5.74, 6) is 1.57. The van der Waals surface area contributed by atoms with Crippen LogP contribution < -0.4 is 5.32 Å². The molecule has 0 radical (unpaired) electrons. The number of rotatable bonds is 1. The van der Waals surface area contributed by atoms with Gasteiger partial charge in [0.25, 0.3) is 0 Å². The summed E-state index contributed by atoms with van der Waals surface area (Å²) in [5, 5.41) is 3.44. The highest BCUT2D eigenvalue weighted by Crippen LogP contribution is 2.41. The zero-order valence-corrected chi connectivity index (χ0v) is 9.51. The van der Waals surface area contributed by atoms with E-state index in [0.29, 0.717) is 5.41 Å². The van der Waals surface area contributed by atoms with Crippen LogP contribution in [0.2, 0.25) is 0 Å². The first-order valence-electron chi connectivity index (χ1n) is 6.00. The lowest BCUT2D eigenvalue weighted by Crippen LogP contribution is -2.45. The van der Waals surface area contributed by atoms with Gasteiger partial charge in [0.1, 0.15) is 0 Å². The van der Waals surface area contributed by atoms with Gasteiger partial charge in [-0.3, -0.25) is 0 Å². The van der Waals surface area contributed by atoms with Crippen LogP contribution in [0, 0.1) is 17.3 Å². The highest BCUT2D eigenvalue weighted by atomic mass is 16.5. The lowest BCUT2D eigenvalue weighted by atomic mass is 9.69. The van der Waals surface area contributed by atoms with Crippen LogP contribution in [-0.2, 0) is 4.74 Å². The normalized spacial score (nSPS) is 32.4. The van der Waals surface area contributed by atoms with Crippen molar-refractivity contribution in [3.8, 4) is 0 Å². The van der Waals surface area contributed by atoms with Crippen LogP contribution in [0.4, 0.5) is 0 Å². The van der Waals surface area contributed by atoms with E-state index in [2.05, 4.69) is 19.2 Å². The van der Waals surface area contributed by atoms with Gasteiger partial charge in [-0.15, -0.1) is 0 Å². The van der Waals surface area contributed by atoms with Crippen LogP contribution in [0.1, 0.15) is 33.1 Å². The van der Waals surface area contributed by atoms with Gasteiger partial charge in [-0.05, 0) is 49.6 Å². The molecule has 0 aromatic rings. The monoisotopic (exact) mass is 197 g/mol. The van der Waals surface area contributed by atoms with Gasteiger partial charge in [0.15, 0.2) is 0 Å². The van der Waals surface area contributed by atoms with Crippen LogP contribution in [0.5, 0.6) is 0 Å². The van der Waals surface area contributed by atoms with Crippen molar-refractivity contribution in [3.05, 3.63) is 0 Å². The summed E-state index contributed by atoms with van der Waals surface area (Å²) in [6, 6.07) is 0. The van der Waals surface area contributed by atoms with Gasteiger partial charge >= 0.3 is 0 Å². The second-order valence-electron chi connectivity index (χ2n) is 5.47. The van der Waals surface area contributed by atoms with Crippen LogP contribution >= 0.6 is 0 Å². The standard InChI is InChI=1S/C12H23NO/c1-10(2)11-7-12(9-14-8-11)3-5-13-6-4-12/h10-11,13H,3-9H2,1-2H3. The smallest absolute Gasteiger partial charge is 0.0523 e. The van der Waals surface area contributed by atoms with Crippen LogP contribution in [0.25, 0.3) is 0 Å². The van der Waals surface area contributed by atoms with E-state index in [4.69, 9.17) is 4.74 Å². The fourth-order valence-corrected chi connectivity index (χ4v) is 2.83. The molecule has 0 aliphatic carbocycles. The molecular formula is C12H23NO. The summed E-state index contributed by atoms with van der Waals surface area (Å²) in [7, 11) is 0. The van der Waals surface area contributed by atoms with Crippen molar-refractivity contribution in [3.63, 3.8) is 0 Å². The first-order chi connectivity index (χ1) is 6.72. The average Bonchev–Trinajstić information content (AvgIpc) is 2.19. The molecule has 0 aromatic heterocycles. The predicted molar refractivity (Wildman–Crippen MR) is 58.3 cm³/mol. The van der Waals surface area contributed by atoms with Gasteiger partial charge in [0, 0.05) is 6.61 Å². The van der Waals surface area contributed by atoms with Crippen LogP contribution in [0.15, 0.2) is 0 Å². The van der Waals surface area contributed by atoms with Gasteiger partial charge in [0.05, 0.1) is 6.61 Å². The minimum atomic E-state index is 0.526. The molecule has 0 aromatic carbocycles. The van der Waals surface area contributed by atoms with Gasteiger partial charge in [-0.25, -0.2) is 0 Å². The molecule has 0 bridgehead atoms. The minimum absolute atomic E-state index is 0.526. The zero-order valence-electron chi connectivity index (χ0n) is 9.51. The molecule has 14 heavy (non-hydrogen) atoms. The third kappa shape index (κ3) is 2.12. The van der Waals surface area contributed by atoms with E-state index in [0.717, 1.165) is 25.0 Å². The van der Waals surface area contributed by atoms with E-state index in [9.17, 15) is 0 Å². The maximum Gasteiger partial charge on any atom is 0.0523 e. The number of piperidine rings is 1. The Balaban J connectivity index is 1.97.